The van der Waals surface area contributed by atoms with Crippen molar-refractivity contribution in [3.63, 3.8) is 0 Å². The maximum Gasteiger partial charge on any atom is 0.0487 e. The van der Waals surface area contributed by atoms with Crippen LogP contribution in [0.25, 0.3) is 0 Å². The van der Waals surface area contributed by atoms with Crippen LogP contribution in [0.15, 0.2) is 34.3 Å². The van der Waals surface area contributed by atoms with Crippen LogP contribution in [0.5, 0.6) is 0 Å². The number of nitrogens with one attached hydrogen (secondary N) is 1. The number of halogens is 1. The predicted molar refractivity (Wildman–Crippen MR) is 66.8 cm³/mol. The highest BCUT2D eigenvalue weighted by Gasteiger charge is 1.97. The molecule has 0 aromatic heterocycles. The van der Waals surface area contributed by atoms with Crippen molar-refractivity contribution in [2.75, 3.05) is 11.9 Å². The molecule has 0 bridgehead atoms. The second kappa shape index (κ2) is 5.20. The molecule has 0 spiro atoms. The number of rotatable bonds is 3. The third-order valence-electron chi connectivity index (χ3n) is 1.93. The second-order valence-corrected chi connectivity index (χ2v) is 4.50. The highest BCUT2D eigenvalue weighted by molar-refractivity contribution is 9.10. The molecular formula is C12H16BrN. The monoisotopic (exact) mass is 253 g/mol. The van der Waals surface area contributed by atoms with E-state index in [9.17, 15) is 0 Å². The van der Waals surface area contributed by atoms with E-state index in [1.54, 1.807) is 0 Å². The van der Waals surface area contributed by atoms with Crippen molar-refractivity contribution in [1.29, 1.82) is 0 Å². The normalized spacial score (nSPS) is 9.71. The van der Waals surface area contributed by atoms with Crippen molar-refractivity contribution in [3.05, 3.63) is 39.9 Å². The lowest BCUT2D eigenvalue weighted by Crippen LogP contribution is -1.99. The summed E-state index contributed by atoms with van der Waals surface area (Å²) in [4.78, 5) is 0. The first-order chi connectivity index (χ1) is 6.59. The fourth-order valence-corrected chi connectivity index (χ4v) is 1.76. The third kappa shape index (κ3) is 3.54. The molecule has 0 radical (unpaired) electrons. The van der Waals surface area contributed by atoms with Gasteiger partial charge in [0, 0.05) is 16.7 Å². The number of hydrogen-bond acceptors (Lipinski definition) is 1. The van der Waals surface area contributed by atoms with Crippen LogP contribution in [0.1, 0.15) is 19.4 Å². The molecule has 0 fully saturated rings. The van der Waals surface area contributed by atoms with Crippen molar-refractivity contribution in [3.8, 4) is 0 Å². The van der Waals surface area contributed by atoms with Crippen LogP contribution >= 0.6 is 15.9 Å². The summed E-state index contributed by atoms with van der Waals surface area (Å²) in [6.07, 6.45) is 2.17. The molecule has 0 saturated carbocycles. The molecule has 0 unspecified atom stereocenters. The first-order valence-corrected chi connectivity index (χ1v) is 5.52. The fourth-order valence-electron chi connectivity index (χ4n) is 1.13. The highest BCUT2D eigenvalue weighted by Crippen LogP contribution is 2.22. The summed E-state index contributed by atoms with van der Waals surface area (Å²) >= 11 is 3.53. The summed E-state index contributed by atoms with van der Waals surface area (Å²) in [6, 6.07) is 6.32. The summed E-state index contributed by atoms with van der Waals surface area (Å²) in [5.74, 6) is 0. The maximum atomic E-state index is 3.53. The lowest BCUT2D eigenvalue weighted by molar-refractivity contribution is 1.25. The molecule has 1 N–H and O–H groups in total. The molecule has 1 rings (SSSR count). The second-order valence-electron chi connectivity index (χ2n) is 3.65. The van der Waals surface area contributed by atoms with Crippen LogP contribution in [0, 0.1) is 6.92 Å². The van der Waals surface area contributed by atoms with Gasteiger partial charge in [-0.05, 0) is 54.4 Å². The van der Waals surface area contributed by atoms with Gasteiger partial charge in [-0.1, -0.05) is 17.7 Å². The van der Waals surface area contributed by atoms with Gasteiger partial charge in [0.15, 0.2) is 0 Å². The predicted octanol–water partition coefficient (Wildman–Crippen LogP) is 4.14. The van der Waals surface area contributed by atoms with Crippen LogP contribution in [0.4, 0.5) is 5.69 Å². The highest BCUT2D eigenvalue weighted by atomic mass is 79.9. The summed E-state index contributed by atoms with van der Waals surface area (Å²) in [5, 5.41) is 3.35. The van der Waals surface area contributed by atoms with Crippen molar-refractivity contribution < 1.29 is 0 Å². The largest absolute Gasteiger partial charge is 0.381 e. The molecule has 0 saturated heterocycles. The van der Waals surface area contributed by atoms with Gasteiger partial charge in [0.05, 0.1) is 0 Å². The molecule has 1 aromatic carbocycles. The van der Waals surface area contributed by atoms with Gasteiger partial charge in [-0.15, -0.1) is 0 Å². The van der Waals surface area contributed by atoms with Crippen molar-refractivity contribution in [2.45, 2.75) is 20.8 Å². The Kier molecular flexibility index (Phi) is 4.21. The van der Waals surface area contributed by atoms with Gasteiger partial charge in [-0.25, -0.2) is 0 Å². The number of aryl methyl sites for hydroxylation is 1. The number of hydrogen-bond donors (Lipinski definition) is 1. The minimum atomic E-state index is 0.879. The van der Waals surface area contributed by atoms with Crippen LogP contribution < -0.4 is 5.32 Å². The van der Waals surface area contributed by atoms with Gasteiger partial charge >= 0.3 is 0 Å². The zero-order valence-electron chi connectivity index (χ0n) is 8.89. The van der Waals surface area contributed by atoms with Gasteiger partial charge < -0.3 is 5.32 Å². The van der Waals surface area contributed by atoms with Crippen LogP contribution in [-0.4, -0.2) is 6.54 Å². The van der Waals surface area contributed by atoms with E-state index in [0.717, 1.165) is 16.7 Å². The minimum Gasteiger partial charge on any atom is -0.381 e. The Morgan fingerprint density at radius 1 is 1.43 bits per heavy atom. The average molecular weight is 254 g/mol. The van der Waals surface area contributed by atoms with Gasteiger partial charge in [0.1, 0.15) is 0 Å². The number of benzene rings is 1. The first kappa shape index (κ1) is 11.3. The van der Waals surface area contributed by atoms with Crippen molar-refractivity contribution in [1.82, 2.24) is 0 Å². The van der Waals surface area contributed by atoms with E-state index in [2.05, 4.69) is 66.3 Å². The van der Waals surface area contributed by atoms with E-state index in [1.165, 1.54) is 11.1 Å². The molecule has 0 aliphatic carbocycles. The molecule has 0 aliphatic heterocycles. The molecule has 1 nitrogen and oxygen atoms in total. The quantitative estimate of drug-likeness (QED) is 0.799. The Labute approximate surface area is 94.3 Å². The van der Waals surface area contributed by atoms with Crippen molar-refractivity contribution >= 4 is 21.6 Å². The Bertz CT molecular complexity index is 338. The maximum absolute atomic E-state index is 3.53. The van der Waals surface area contributed by atoms with Gasteiger partial charge in [0.25, 0.3) is 0 Å². The Morgan fingerprint density at radius 3 is 2.71 bits per heavy atom. The lowest BCUT2D eigenvalue weighted by atomic mass is 10.2. The molecule has 1 aromatic rings. The standard InChI is InChI=1S/C12H16BrN/c1-9(2)6-7-14-12-5-4-10(3)8-11(12)13/h4-6,8,14H,7H2,1-3H3. The lowest BCUT2D eigenvalue weighted by Gasteiger charge is -2.07. The molecule has 0 atom stereocenters. The SMILES string of the molecule is CC(C)=CCNc1ccc(C)cc1Br. The molecular weight excluding hydrogens is 238 g/mol. The van der Waals surface area contributed by atoms with E-state index in [0.29, 0.717) is 0 Å². The van der Waals surface area contributed by atoms with E-state index < -0.39 is 0 Å². The first-order valence-electron chi connectivity index (χ1n) is 4.73. The van der Waals surface area contributed by atoms with E-state index in [-0.39, 0.29) is 0 Å². The Morgan fingerprint density at radius 2 is 2.14 bits per heavy atom. The zero-order chi connectivity index (χ0) is 10.6. The average Bonchev–Trinajstić information content (AvgIpc) is 2.08. The molecule has 0 amide bonds. The summed E-state index contributed by atoms with van der Waals surface area (Å²) in [7, 11) is 0. The summed E-state index contributed by atoms with van der Waals surface area (Å²) in [6.45, 7) is 7.17. The molecule has 76 valence electrons. The van der Waals surface area contributed by atoms with E-state index in [1.807, 2.05) is 0 Å². The van der Waals surface area contributed by atoms with Crippen molar-refractivity contribution in [2.24, 2.45) is 0 Å². The Balaban J connectivity index is 2.64. The Hall–Kier alpha value is -0.760. The van der Waals surface area contributed by atoms with E-state index >= 15 is 0 Å². The van der Waals surface area contributed by atoms with E-state index in [4.69, 9.17) is 0 Å². The van der Waals surface area contributed by atoms with Crippen LogP contribution in [0.3, 0.4) is 0 Å². The molecule has 0 aliphatic rings. The smallest absolute Gasteiger partial charge is 0.0487 e. The third-order valence-corrected chi connectivity index (χ3v) is 2.58. The van der Waals surface area contributed by atoms with Crippen LogP contribution in [-0.2, 0) is 0 Å². The molecule has 2 heteroatoms. The summed E-state index contributed by atoms with van der Waals surface area (Å²) < 4.78 is 1.12. The fraction of sp³-hybridized carbons (Fsp3) is 0.333. The minimum absolute atomic E-state index is 0.879. The topological polar surface area (TPSA) is 12.0 Å². The summed E-state index contributed by atoms with van der Waals surface area (Å²) in [5.41, 5.74) is 3.75. The van der Waals surface area contributed by atoms with Gasteiger partial charge in [0.2, 0.25) is 0 Å². The molecule has 14 heavy (non-hydrogen) atoms. The zero-order valence-corrected chi connectivity index (χ0v) is 10.5. The number of anilines is 1. The van der Waals surface area contributed by atoms with Gasteiger partial charge in [-0.2, -0.15) is 0 Å². The van der Waals surface area contributed by atoms with Gasteiger partial charge in [-0.3, -0.25) is 0 Å². The number of allylic oxidation sites excluding steroid dienone is 1. The molecule has 0 heterocycles. The van der Waals surface area contributed by atoms with Crippen LogP contribution in [0.2, 0.25) is 0 Å².